The van der Waals surface area contributed by atoms with Crippen LogP contribution in [0.1, 0.15) is 51.2 Å². The summed E-state index contributed by atoms with van der Waals surface area (Å²) in [4.78, 5) is 7.30. The number of hydrogen-bond donors (Lipinski definition) is 1. The lowest BCUT2D eigenvalue weighted by Gasteiger charge is -2.33. The number of nitrogens with zero attached hydrogens (tertiary/aromatic N) is 2. The predicted molar refractivity (Wildman–Crippen MR) is 90.1 cm³/mol. The first-order chi connectivity index (χ1) is 10.8. The van der Waals surface area contributed by atoms with E-state index in [1.807, 2.05) is 12.1 Å². The highest BCUT2D eigenvalue weighted by Gasteiger charge is 2.39. The molecule has 2 aliphatic rings. The summed E-state index contributed by atoms with van der Waals surface area (Å²) >= 11 is 0. The second-order valence-corrected chi connectivity index (χ2v) is 6.80. The van der Waals surface area contributed by atoms with Gasteiger partial charge in [-0.3, -0.25) is 4.99 Å². The fourth-order valence-corrected chi connectivity index (χ4v) is 3.98. The topological polar surface area (TPSA) is 40.8 Å². The van der Waals surface area contributed by atoms with Crippen molar-refractivity contribution < 1.29 is 4.42 Å². The Morgan fingerprint density at radius 2 is 2.18 bits per heavy atom. The van der Waals surface area contributed by atoms with Gasteiger partial charge in [-0.2, -0.15) is 0 Å². The van der Waals surface area contributed by atoms with Crippen LogP contribution in [0.3, 0.4) is 0 Å². The Bertz CT molecular complexity index is 475. The van der Waals surface area contributed by atoms with Gasteiger partial charge in [0.05, 0.1) is 6.26 Å². The molecule has 1 aromatic heterocycles. The van der Waals surface area contributed by atoms with Crippen molar-refractivity contribution in [2.24, 2.45) is 10.4 Å². The lowest BCUT2D eigenvalue weighted by atomic mass is 9.73. The van der Waals surface area contributed by atoms with Crippen LogP contribution in [-0.4, -0.2) is 37.0 Å². The number of hydrogen-bond acceptors (Lipinski definition) is 2. The smallest absolute Gasteiger partial charge is 0.193 e. The van der Waals surface area contributed by atoms with Gasteiger partial charge in [-0.15, -0.1) is 0 Å². The Labute approximate surface area is 134 Å². The van der Waals surface area contributed by atoms with Crippen molar-refractivity contribution in [3.63, 3.8) is 0 Å². The molecule has 4 nitrogen and oxygen atoms in total. The van der Waals surface area contributed by atoms with Gasteiger partial charge < -0.3 is 14.6 Å². The molecular weight excluding hydrogens is 274 g/mol. The van der Waals surface area contributed by atoms with E-state index in [1.54, 1.807) is 6.26 Å². The van der Waals surface area contributed by atoms with Crippen molar-refractivity contribution in [3.8, 4) is 0 Å². The predicted octanol–water partition coefficient (Wildman–Crippen LogP) is 3.44. The average molecular weight is 303 g/mol. The zero-order valence-electron chi connectivity index (χ0n) is 13.8. The van der Waals surface area contributed by atoms with Gasteiger partial charge in [0.1, 0.15) is 5.76 Å². The standard InChI is InChI=1S/C18H29N3O/c1-2-19-17(20-12-8-16-7-6-14-22-16)21-13-11-18(15-21)9-4-3-5-10-18/h6-7,14H,2-5,8-13,15H2,1H3,(H,19,20). The monoisotopic (exact) mass is 303 g/mol. The fraction of sp³-hybridized carbons (Fsp3) is 0.722. The summed E-state index contributed by atoms with van der Waals surface area (Å²) < 4.78 is 5.39. The first kappa shape index (κ1) is 15.4. The van der Waals surface area contributed by atoms with E-state index < -0.39 is 0 Å². The van der Waals surface area contributed by atoms with Gasteiger partial charge in [-0.05, 0) is 43.7 Å². The van der Waals surface area contributed by atoms with E-state index in [2.05, 4.69) is 17.1 Å². The van der Waals surface area contributed by atoms with Gasteiger partial charge in [-0.1, -0.05) is 19.3 Å². The van der Waals surface area contributed by atoms with Crippen LogP contribution in [0, 0.1) is 5.41 Å². The molecule has 1 saturated heterocycles. The average Bonchev–Trinajstić information content (AvgIpc) is 3.18. The molecule has 0 radical (unpaired) electrons. The minimum atomic E-state index is 0.579. The Kier molecular flexibility index (Phi) is 5.06. The van der Waals surface area contributed by atoms with E-state index in [-0.39, 0.29) is 0 Å². The molecule has 1 aromatic rings. The third-order valence-electron chi connectivity index (χ3n) is 5.19. The van der Waals surface area contributed by atoms with E-state index in [9.17, 15) is 0 Å². The van der Waals surface area contributed by atoms with E-state index in [0.29, 0.717) is 5.41 Å². The van der Waals surface area contributed by atoms with Crippen LogP contribution in [0.4, 0.5) is 0 Å². The summed E-state index contributed by atoms with van der Waals surface area (Å²) in [5.74, 6) is 2.11. The maximum absolute atomic E-state index is 5.39. The molecule has 0 amide bonds. The molecular formula is C18H29N3O. The molecule has 3 rings (SSSR count). The van der Waals surface area contributed by atoms with Gasteiger partial charge in [0.2, 0.25) is 0 Å². The number of rotatable bonds is 4. The molecule has 22 heavy (non-hydrogen) atoms. The van der Waals surface area contributed by atoms with Crippen LogP contribution in [0.5, 0.6) is 0 Å². The Hall–Kier alpha value is -1.45. The summed E-state index contributed by atoms with van der Waals surface area (Å²) in [5, 5.41) is 3.47. The SMILES string of the molecule is CCNC(=NCCc1ccco1)N1CCC2(CCCCC2)C1. The summed E-state index contributed by atoms with van der Waals surface area (Å²) in [5.41, 5.74) is 0.579. The van der Waals surface area contributed by atoms with E-state index in [4.69, 9.17) is 9.41 Å². The molecule has 2 heterocycles. The molecule has 1 spiro atoms. The minimum absolute atomic E-state index is 0.579. The number of nitrogens with one attached hydrogen (secondary N) is 1. The Balaban J connectivity index is 1.58. The van der Waals surface area contributed by atoms with Crippen LogP contribution in [0.25, 0.3) is 0 Å². The summed E-state index contributed by atoms with van der Waals surface area (Å²) in [6.45, 7) is 6.23. The number of aliphatic imine (C=N–C) groups is 1. The maximum atomic E-state index is 5.39. The maximum Gasteiger partial charge on any atom is 0.193 e. The van der Waals surface area contributed by atoms with Crippen molar-refractivity contribution in [2.75, 3.05) is 26.2 Å². The molecule has 1 saturated carbocycles. The van der Waals surface area contributed by atoms with Crippen molar-refractivity contribution in [3.05, 3.63) is 24.2 Å². The second-order valence-electron chi connectivity index (χ2n) is 6.80. The van der Waals surface area contributed by atoms with Crippen LogP contribution in [0.15, 0.2) is 27.8 Å². The Morgan fingerprint density at radius 1 is 1.32 bits per heavy atom. The van der Waals surface area contributed by atoms with E-state index >= 15 is 0 Å². The third kappa shape index (κ3) is 3.65. The Morgan fingerprint density at radius 3 is 2.91 bits per heavy atom. The van der Waals surface area contributed by atoms with Gasteiger partial charge in [0, 0.05) is 32.6 Å². The van der Waals surface area contributed by atoms with Gasteiger partial charge in [0.25, 0.3) is 0 Å². The summed E-state index contributed by atoms with van der Waals surface area (Å²) in [7, 11) is 0. The zero-order chi connectivity index (χ0) is 15.3. The lowest BCUT2D eigenvalue weighted by Crippen LogP contribution is -2.41. The molecule has 0 bridgehead atoms. The molecule has 122 valence electrons. The number of furan rings is 1. The molecule has 4 heteroatoms. The summed E-state index contributed by atoms with van der Waals surface area (Å²) in [6, 6.07) is 3.97. The largest absolute Gasteiger partial charge is 0.469 e. The molecule has 0 aromatic carbocycles. The second kappa shape index (κ2) is 7.21. The molecule has 2 fully saturated rings. The van der Waals surface area contributed by atoms with Crippen LogP contribution in [-0.2, 0) is 6.42 Å². The molecule has 1 aliphatic heterocycles. The van der Waals surface area contributed by atoms with Gasteiger partial charge >= 0.3 is 0 Å². The van der Waals surface area contributed by atoms with Crippen molar-refractivity contribution in [2.45, 2.75) is 51.9 Å². The van der Waals surface area contributed by atoms with E-state index in [0.717, 1.165) is 37.8 Å². The fourth-order valence-electron chi connectivity index (χ4n) is 3.98. The van der Waals surface area contributed by atoms with Crippen molar-refractivity contribution in [1.82, 2.24) is 10.2 Å². The first-order valence-corrected chi connectivity index (χ1v) is 8.87. The van der Waals surface area contributed by atoms with Gasteiger partial charge in [-0.25, -0.2) is 0 Å². The van der Waals surface area contributed by atoms with Crippen molar-refractivity contribution >= 4 is 5.96 Å². The van der Waals surface area contributed by atoms with Gasteiger partial charge in [0.15, 0.2) is 5.96 Å². The molecule has 0 unspecified atom stereocenters. The highest BCUT2D eigenvalue weighted by atomic mass is 16.3. The molecule has 0 atom stereocenters. The highest BCUT2D eigenvalue weighted by molar-refractivity contribution is 5.80. The molecule has 1 aliphatic carbocycles. The third-order valence-corrected chi connectivity index (χ3v) is 5.19. The quantitative estimate of drug-likeness (QED) is 0.684. The summed E-state index contributed by atoms with van der Waals surface area (Å²) in [6.07, 6.45) is 11.0. The minimum Gasteiger partial charge on any atom is -0.469 e. The zero-order valence-corrected chi connectivity index (χ0v) is 13.8. The van der Waals surface area contributed by atoms with Crippen molar-refractivity contribution in [1.29, 1.82) is 0 Å². The van der Waals surface area contributed by atoms with Crippen LogP contribution >= 0.6 is 0 Å². The van der Waals surface area contributed by atoms with Crippen LogP contribution in [0.2, 0.25) is 0 Å². The first-order valence-electron chi connectivity index (χ1n) is 8.87. The number of likely N-dealkylation sites (tertiary alicyclic amines) is 1. The van der Waals surface area contributed by atoms with E-state index in [1.165, 1.54) is 45.1 Å². The number of guanidine groups is 1. The molecule has 1 N–H and O–H groups in total. The van der Waals surface area contributed by atoms with Crippen LogP contribution < -0.4 is 5.32 Å². The highest BCUT2D eigenvalue weighted by Crippen LogP contribution is 2.43. The normalized spacial score (nSPS) is 21.5. The lowest BCUT2D eigenvalue weighted by molar-refractivity contribution is 0.203.